The van der Waals surface area contributed by atoms with Gasteiger partial charge in [-0.05, 0) is 24.1 Å². The number of aryl methyl sites for hydroxylation is 1. The molecule has 3 rings (SSSR count). The maximum atomic E-state index is 13.2. The number of ether oxygens (including phenoxy) is 1. The van der Waals surface area contributed by atoms with Gasteiger partial charge in [0.2, 0.25) is 0 Å². The van der Waals surface area contributed by atoms with E-state index in [4.69, 9.17) is 4.74 Å². The molecule has 2 aromatic heterocycles. The van der Waals surface area contributed by atoms with Crippen molar-refractivity contribution in [1.29, 1.82) is 0 Å². The van der Waals surface area contributed by atoms with Crippen LogP contribution in [0.15, 0.2) is 33.9 Å². The normalized spacial score (nSPS) is 11.4. The highest BCUT2D eigenvalue weighted by atomic mass is 19.1. The van der Waals surface area contributed by atoms with E-state index in [2.05, 4.69) is 4.98 Å². The Bertz CT molecular complexity index is 1050. The summed E-state index contributed by atoms with van der Waals surface area (Å²) in [4.78, 5) is 29.4. The Morgan fingerprint density at radius 3 is 2.46 bits per heavy atom. The Balaban J connectivity index is 2.19. The van der Waals surface area contributed by atoms with E-state index in [0.717, 1.165) is 16.6 Å². The number of halogens is 1. The second-order valence-corrected chi connectivity index (χ2v) is 6.17. The van der Waals surface area contributed by atoms with Crippen LogP contribution in [0.1, 0.15) is 24.7 Å². The van der Waals surface area contributed by atoms with Crippen LogP contribution in [0.3, 0.4) is 0 Å². The summed E-state index contributed by atoms with van der Waals surface area (Å²) < 4.78 is 22.9. The molecule has 8 heteroatoms. The van der Waals surface area contributed by atoms with Crippen LogP contribution in [0, 0.1) is 5.82 Å². The van der Waals surface area contributed by atoms with E-state index in [-0.39, 0.29) is 12.4 Å². The van der Waals surface area contributed by atoms with E-state index in [1.807, 2.05) is 6.92 Å². The zero-order chi connectivity index (χ0) is 18.8. The maximum Gasteiger partial charge on any atom is 0.332 e. The summed E-state index contributed by atoms with van der Waals surface area (Å²) in [5.74, 6) is 0.227. The van der Waals surface area contributed by atoms with Gasteiger partial charge in [0.15, 0.2) is 11.2 Å². The quantitative estimate of drug-likeness (QED) is 0.626. The molecule has 0 bridgehead atoms. The minimum absolute atomic E-state index is 0.223. The molecule has 0 saturated carbocycles. The van der Waals surface area contributed by atoms with Crippen LogP contribution in [0.25, 0.3) is 11.2 Å². The van der Waals surface area contributed by atoms with Gasteiger partial charge in [-0.15, -0.1) is 0 Å². The number of hydrogen-bond acceptors (Lipinski definition) is 4. The molecule has 0 atom stereocenters. The Kier molecular flexibility index (Phi) is 5.03. The van der Waals surface area contributed by atoms with Crippen molar-refractivity contribution < 1.29 is 9.13 Å². The van der Waals surface area contributed by atoms with Crippen molar-refractivity contribution in [3.63, 3.8) is 0 Å². The summed E-state index contributed by atoms with van der Waals surface area (Å²) in [6.07, 6.45) is 0.860. The molecule has 7 nitrogen and oxygen atoms in total. The third kappa shape index (κ3) is 3.20. The number of fused-ring (bicyclic) bond motifs is 1. The molecular formula is C18H21FN4O3. The van der Waals surface area contributed by atoms with E-state index in [0.29, 0.717) is 30.1 Å². The average Bonchev–Trinajstić information content (AvgIpc) is 2.99. The van der Waals surface area contributed by atoms with Gasteiger partial charge in [0.05, 0.1) is 0 Å². The third-order valence-electron chi connectivity index (χ3n) is 4.26. The SMILES string of the molecule is CCCOCc1nc2c(c(=O)n(C)c(=O)n2C)n1Cc1ccc(F)cc1. The first-order chi connectivity index (χ1) is 12.4. The number of rotatable bonds is 6. The lowest BCUT2D eigenvalue weighted by Gasteiger charge is -2.10. The molecule has 0 spiro atoms. The summed E-state index contributed by atoms with van der Waals surface area (Å²) in [6, 6.07) is 6.06. The molecule has 0 radical (unpaired) electrons. The van der Waals surface area contributed by atoms with Crippen LogP contribution < -0.4 is 11.2 Å². The molecule has 0 saturated heterocycles. The minimum Gasteiger partial charge on any atom is -0.374 e. The first-order valence-electron chi connectivity index (χ1n) is 8.41. The highest BCUT2D eigenvalue weighted by Crippen LogP contribution is 2.15. The van der Waals surface area contributed by atoms with Crippen molar-refractivity contribution in [3.05, 3.63) is 62.3 Å². The van der Waals surface area contributed by atoms with Crippen LogP contribution in [0.5, 0.6) is 0 Å². The summed E-state index contributed by atoms with van der Waals surface area (Å²) in [6.45, 7) is 3.12. The molecule has 2 heterocycles. The van der Waals surface area contributed by atoms with Gasteiger partial charge in [0.25, 0.3) is 5.56 Å². The van der Waals surface area contributed by atoms with Crippen LogP contribution in [0.4, 0.5) is 4.39 Å². The molecule has 0 amide bonds. The van der Waals surface area contributed by atoms with Crippen LogP contribution in [-0.2, 0) is 32.0 Å². The molecule has 26 heavy (non-hydrogen) atoms. The van der Waals surface area contributed by atoms with Gasteiger partial charge in [-0.25, -0.2) is 14.2 Å². The first kappa shape index (κ1) is 18.1. The number of imidazole rings is 1. The molecule has 138 valence electrons. The predicted octanol–water partition coefficient (Wildman–Crippen LogP) is 1.55. The van der Waals surface area contributed by atoms with Crippen molar-refractivity contribution in [1.82, 2.24) is 18.7 Å². The largest absolute Gasteiger partial charge is 0.374 e. The minimum atomic E-state index is -0.435. The molecule has 0 fully saturated rings. The molecule has 0 unspecified atom stereocenters. The van der Waals surface area contributed by atoms with Gasteiger partial charge in [-0.1, -0.05) is 19.1 Å². The molecule has 0 aliphatic rings. The van der Waals surface area contributed by atoms with Gasteiger partial charge in [-0.2, -0.15) is 0 Å². The summed E-state index contributed by atoms with van der Waals surface area (Å²) in [5.41, 5.74) is 0.608. The van der Waals surface area contributed by atoms with Crippen molar-refractivity contribution in [2.24, 2.45) is 14.1 Å². The molecule has 0 aliphatic heterocycles. The third-order valence-corrected chi connectivity index (χ3v) is 4.26. The summed E-state index contributed by atoms with van der Waals surface area (Å²) in [5, 5.41) is 0. The smallest absolute Gasteiger partial charge is 0.332 e. The molecule has 0 aliphatic carbocycles. The topological polar surface area (TPSA) is 71.1 Å². The van der Waals surface area contributed by atoms with Crippen molar-refractivity contribution >= 4 is 11.2 Å². The Hall–Kier alpha value is -2.74. The fourth-order valence-corrected chi connectivity index (χ4v) is 2.85. The number of benzene rings is 1. The van der Waals surface area contributed by atoms with Gasteiger partial charge in [-0.3, -0.25) is 13.9 Å². The van der Waals surface area contributed by atoms with Gasteiger partial charge in [0, 0.05) is 27.2 Å². The van der Waals surface area contributed by atoms with E-state index in [1.54, 1.807) is 23.7 Å². The Labute approximate surface area is 149 Å². The fraction of sp³-hybridized carbons (Fsp3) is 0.389. The highest BCUT2D eigenvalue weighted by molar-refractivity contribution is 5.71. The monoisotopic (exact) mass is 360 g/mol. The van der Waals surface area contributed by atoms with E-state index >= 15 is 0 Å². The number of aromatic nitrogens is 4. The first-order valence-corrected chi connectivity index (χ1v) is 8.41. The Morgan fingerprint density at radius 2 is 1.81 bits per heavy atom. The maximum absolute atomic E-state index is 13.2. The molecule has 0 N–H and O–H groups in total. The predicted molar refractivity (Wildman–Crippen MR) is 95.7 cm³/mol. The van der Waals surface area contributed by atoms with Crippen molar-refractivity contribution in [2.75, 3.05) is 6.61 Å². The lowest BCUT2D eigenvalue weighted by molar-refractivity contribution is 0.114. The van der Waals surface area contributed by atoms with Crippen LogP contribution in [-0.4, -0.2) is 25.3 Å². The number of nitrogens with zero attached hydrogens (tertiary/aromatic N) is 4. The summed E-state index contributed by atoms with van der Waals surface area (Å²) >= 11 is 0. The fourth-order valence-electron chi connectivity index (χ4n) is 2.85. The van der Waals surface area contributed by atoms with Gasteiger partial charge >= 0.3 is 5.69 Å². The summed E-state index contributed by atoms with van der Waals surface area (Å²) in [7, 11) is 3.02. The lowest BCUT2D eigenvalue weighted by atomic mass is 10.2. The van der Waals surface area contributed by atoms with Gasteiger partial charge in [0.1, 0.15) is 18.2 Å². The number of hydrogen-bond donors (Lipinski definition) is 0. The molecule has 1 aromatic carbocycles. The van der Waals surface area contributed by atoms with E-state index in [9.17, 15) is 14.0 Å². The zero-order valence-electron chi connectivity index (χ0n) is 15.0. The Morgan fingerprint density at radius 1 is 1.12 bits per heavy atom. The second-order valence-electron chi connectivity index (χ2n) is 6.17. The molecular weight excluding hydrogens is 339 g/mol. The van der Waals surface area contributed by atoms with Crippen LogP contribution in [0.2, 0.25) is 0 Å². The van der Waals surface area contributed by atoms with Crippen LogP contribution >= 0.6 is 0 Å². The molecule has 3 aromatic rings. The second kappa shape index (κ2) is 7.25. The standard InChI is InChI=1S/C18H21FN4O3/c1-4-9-26-11-14-20-16-15(17(24)22(3)18(25)21(16)2)23(14)10-12-5-7-13(19)8-6-12/h5-8H,4,9-11H2,1-3H3. The van der Waals surface area contributed by atoms with E-state index < -0.39 is 11.2 Å². The van der Waals surface area contributed by atoms with Crippen molar-refractivity contribution in [2.45, 2.75) is 26.5 Å². The van der Waals surface area contributed by atoms with E-state index in [1.165, 1.54) is 23.7 Å². The zero-order valence-corrected chi connectivity index (χ0v) is 15.0. The lowest BCUT2D eigenvalue weighted by Crippen LogP contribution is -2.37. The highest BCUT2D eigenvalue weighted by Gasteiger charge is 2.19. The van der Waals surface area contributed by atoms with Gasteiger partial charge < -0.3 is 9.30 Å². The average molecular weight is 360 g/mol. The van der Waals surface area contributed by atoms with Crippen molar-refractivity contribution in [3.8, 4) is 0 Å².